The van der Waals surface area contributed by atoms with Gasteiger partial charge in [-0.25, -0.2) is 0 Å². The van der Waals surface area contributed by atoms with Crippen LogP contribution in [0.2, 0.25) is 0 Å². The van der Waals surface area contributed by atoms with E-state index in [2.05, 4.69) is 5.32 Å². The van der Waals surface area contributed by atoms with Crippen molar-refractivity contribution in [1.29, 1.82) is 0 Å². The monoisotopic (exact) mass is 302 g/mol. The number of rotatable bonds is 5. The van der Waals surface area contributed by atoms with Crippen LogP contribution in [0.3, 0.4) is 0 Å². The van der Waals surface area contributed by atoms with Crippen molar-refractivity contribution in [1.82, 2.24) is 10.2 Å². The maximum Gasteiger partial charge on any atom is 0.222 e. The van der Waals surface area contributed by atoms with Crippen LogP contribution in [-0.2, 0) is 9.59 Å². The standard InChI is InChI=1S/C17H22N2O3/c1-13-12-18-16(21)10-11-19(13)17(22)9-5-8-15(20)14-6-3-2-4-7-14/h2-4,6-7,13H,5,8-12H2,1H3,(H,18,21)/t13-/m0/s1. The lowest BCUT2D eigenvalue weighted by Crippen LogP contribution is -2.41. The first kappa shape index (κ1) is 16.2. The summed E-state index contributed by atoms with van der Waals surface area (Å²) in [6.45, 7) is 2.88. The maximum absolute atomic E-state index is 12.3. The van der Waals surface area contributed by atoms with Crippen molar-refractivity contribution in [2.24, 2.45) is 0 Å². The van der Waals surface area contributed by atoms with Crippen LogP contribution in [0.5, 0.6) is 0 Å². The number of benzene rings is 1. The third-order valence-electron chi connectivity index (χ3n) is 3.92. The minimum atomic E-state index is -0.0126. The molecule has 1 aromatic rings. The lowest BCUT2D eigenvalue weighted by atomic mass is 10.1. The summed E-state index contributed by atoms with van der Waals surface area (Å²) in [5, 5.41) is 2.79. The molecule has 0 radical (unpaired) electrons. The number of Topliss-reactive ketones (excluding diaryl/α,β-unsaturated/α-hetero) is 1. The van der Waals surface area contributed by atoms with Gasteiger partial charge >= 0.3 is 0 Å². The predicted octanol–water partition coefficient (Wildman–Crippen LogP) is 1.78. The van der Waals surface area contributed by atoms with Gasteiger partial charge in [-0.2, -0.15) is 0 Å². The van der Waals surface area contributed by atoms with Gasteiger partial charge in [0.2, 0.25) is 11.8 Å². The molecule has 0 saturated carbocycles. The van der Waals surface area contributed by atoms with Gasteiger partial charge in [0, 0.05) is 44.0 Å². The molecule has 1 atom stereocenters. The first-order chi connectivity index (χ1) is 10.6. The summed E-state index contributed by atoms with van der Waals surface area (Å²) >= 11 is 0. The maximum atomic E-state index is 12.3. The van der Waals surface area contributed by atoms with Gasteiger partial charge in [0.05, 0.1) is 0 Å². The van der Waals surface area contributed by atoms with Crippen LogP contribution in [0.4, 0.5) is 0 Å². The van der Waals surface area contributed by atoms with E-state index in [1.165, 1.54) is 0 Å². The van der Waals surface area contributed by atoms with Gasteiger partial charge in [0.15, 0.2) is 5.78 Å². The van der Waals surface area contributed by atoms with E-state index >= 15 is 0 Å². The van der Waals surface area contributed by atoms with Crippen LogP contribution >= 0.6 is 0 Å². The lowest BCUT2D eigenvalue weighted by Gasteiger charge is -2.26. The smallest absolute Gasteiger partial charge is 0.222 e. The van der Waals surface area contributed by atoms with Gasteiger partial charge < -0.3 is 10.2 Å². The van der Waals surface area contributed by atoms with E-state index in [-0.39, 0.29) is 23.6 Å². The largest absolute Gasteiger partial charge is 0.354 e. The quantitative estimate of drug-likeness (QED) is 0.843. The molecule has 0 spiro atoms. The summed E-state index contributed by atoms with van der Waals surface area (Å²) in [5.74, 6) is 0.0698. The fourth-order valence-electron chi connectivity index (χ4n) is 2.59. The lowest BCUT2D eigenvalue weighted by molar-refractivity contribution is -0.133. The van der Waals surface area contributed by atoms with Crippen molar-refractivity contribution in [3.63, 3.8) is 0 Å². The Bertz CT molecular complexity index is 542. The van der Waals surface area contributed by atoms with Gasteiger partial charge in [-0.1, -0.05) is 30.3 Å². The summed E-state index contributed by atoms with van der Waals surface area (Å²) in [6, 6.07) is 9.12. The zero-order valence-corrected chi connectivity index (χ0v) is 12.9. The summed E-state index contributed by atoms with van der Waals surface area (Å²) < 4.78 is 0. The summed E-state index contributed by atoms with van der Waals surface area (Å²) in [7, 11) is 0. The second kappa shape index (κ2) is 7.73. The number of ketones is 1. The molecule has 1 saturated heterocycles. The van der Waals surface area contributed by atoms with E-state index in [4.69, 9.17) is 0 Å². The van der Waals surface area contributed by atoms with Crippen LogP contribution in [-0.4, -0.2) is 41.6 Å². The van der Waals surface area contributed by atoms with E-state index in [1.54, 1.807) is 17.0 Å². The molecule has 1 fully saturated rings. The highest BCUT2D eigenvalue weighted by atomic mass is 16.2. The normalized spacial score (nSPS) is 18.5. The molecule has 1 aromatic carbocycles. The molecule has 1 N–H and O–H groups in total. The second-order valence-corrected chi connectivity index (χ2v) is 5.63. The van der Waals surface area contributed by atoms with Crippen molar-refractivity contribution in [2.75, 3.05) is 13.1 Å². The number of carbonyl (C=O) groups is 3. The van der Waals surface area contributed by atoms with E-state index < -0.39 is 0 Å². The van der Waals surface area contributed by atoms with Crippen LogP contribution in [0.25, 0.3) is 0 Å². The molecule has 2 amide bonds. The van der Waals surface area contributed by atoms with Gasteiger partial charge in [-0.05, 0) is 13.3 Å². The number of hydrogen-bond donors (Lipinski definition) is 1. The minimum Gasteiger partial charge on any atom is -0.354 e. The average molecular weight is 302 g/mol. The van der Waals surface area contributed by atoms with Crippen molar-refractivity contribution in [2.45, 2.75) is 38.6 Å². The highest BCUT2D eigenvalue weighted by molar-refractivity contribution is 5.96. The Labute approximate surface area is 130 Å². The predicted molar refractivity (Wildman–Crippen MR) is 83.4 cm³/mol. The molecule has 1 aliphatic rings. The number of carbonyl (C=O) groups excluding carboxylic acids is 3. The molecular formula is C17H22N2O3. The minimum absolute atomic E-state index is 0.00350. The molecule has 1 heterocycles. The van der Waals surface area contributed by atoms with Crippen molar-refractivity contribution in [3.8, 4) is 0 Å². The van der Waals surface area contributed by atoms with Crippen LogP contribution in [0.15, 0.2) is 30.3 Å². The van der Waals surface area contributed by atoms with Crippen LogP contribution in [0.1, 0.15) is 43.0 Å². The van der Waals surface area contributed by atoms with Gasteiger partial charge in [-0.3, -0.25) is 14.4 Å². The number of amides is 2. The molecule has 1 aliphatic heterocycles. The first-order valence-electron chi connectivity index (χ1n) is 7.72. The Hall–Kier alpha value is -2.17. The third-order valence-corrected chi connectivity index (χ3v) is 3.92. The van der Waals surface area contributed by atoms with E-state index in [0.717, 1.165) is 0 Å². The molecule has 0 unspecified atom stereocenters. The fraction of sp³-hybridized carbons (Fsp3) is 0.471. The average Bonchev–Trinajstić information content (AvgIpc) is 2.69. The second-order valence-electron chi connectivity index (χ2n) is 5.63. The fourth-order valence-corrected chi connectivity index (χ4v) is 2.59. The molecule has 0 bridgehead atoms. The summed E-state index contributed by atoms with van der Waals surface area (Å²) in [6.07, 6.45) is 1.60. The number of nitrogens with zero attached hydrogens (tertiary/aromatic N) is 1. The molecule has 118 valence electrons. The van der Waals surface area contributed by atoms with Gasteiger partial charge in [-0.15, -0.1) is 0 Å². The summed E-state index contributed by atoms with van der Waals surface area (Å²) in [5.41, 5.74) is 0.688. The first-order valence-corrected chi connectivity index (χ1v) is 7.72. The number of nitrogens with one attached hydrogen (secondary N) is 1. The Morgan fingerprint density at radius 2 is 1.95 bits per heavy atom. The van der Waals surface area contributed by atoms with E-state index in [9.17, 15) is 14.4 Å². The Morgan fingerprint density at radius 1 is 1.23 bits per heavy atom. The Balaban J connectivity index is 1.80. The Morgan fingerprint density at radius 3 is 2.68 bits per heavy atom. The zero-order valence-electron chi connectivity index (χ0n) is 12.9. The molecule has 0 aliphatic carbocycles. The number of hydrogen-bond acceptors (Lipinski definition) is 3. The molecular weight excluding hydrogens is 280 g/mol. The van der Waals surface area contributed by atoms with E-state index in [1.807, 2.05) is 25.1 Å². The highest BCUT2D eigenvalue weighted by Gasteiger charge is 2.24. The zero-order chi connectivity index (χ0) is 15.9. The van der Waals surface area contributed by atoms with E-state index in [0.29, 0.717) is 44.3 Å². The molecule has 5 heteroatoms. The topological polar surface area (TPSA) is 66.5 Å². The van der Waals surface area contributed by atoms with Crippen LogP contribution < -0.4 is 5.32 Å². The molecule has 22 heavy (non-hydrogen) atoms. The van der Waals surface area contributed by atoms with Crippen molar-refractivity contribution in [3.05, 3.63) is 35.9 Å². The molecule has 2 rings (SSSR count). The molecule has 0 aromatic heterocycles. The highest BCUT2D eigenvalue weighted by Crippen LogP contribution is 2.11. The SMILES string of the molecule is C[C@H]1CNC(=O)CCN1C(=O)CCCC(=O)c1ccccc1. The van der Waals surface area contributed by atoms with Crippen LogP contribution in [0, 0.1) is 0 Å². The molecule has 5 nitrogen and oxygen atoms in total. The third kappa shape index (κ3) is 4.41. The van der Waals surface area contributed by atoms with Crippen molar-refractivity contribution >= 4 is 17.6 Å². The van der Waals surface area contributed by atoms with Crippen molar-refractivity contribution < 1.29 is 14.4 Å². The summed E-state index contributed by atoms with van der Waals surface area (Å²) in [4.78, 5) is 37.4. The van der Waals surface area contributed by atoms with Gasteiger partial charge in [0.1, 0.15) is 0 Å². The van der Waals surface area contributed by atoms with Gasteiger partial charge in [0.25, 0.3) is 0 Å². The Kier molecular flexibility index (Phi) is 5.69.